The zero-order chi connectivity index (χ0) is 13.8. The molecule has 1 aromatic rings. The predicted octanol–water partition coefficient (Wildman–Crippen LogP) is 3.68. The molecule has 0 amide bonds. The Hall–Kier alpha value is -0.670. The standard InChI is InChI=1S/C15H22BrNO/c1-5-17(6-2)15(3,4)14(18)11-12-8-7-9-13(16)10-12/h7-10H,5-6,11H2,1-4H3. The van der Waals surface area contributed by atoms with Crippen LogP contribution >= 0.6 is 15.9 Å². The van der Waals surface area contributed by atoms with E-state index >= 15 is 0 Å². The van der Waals surface area contributed by atoms with Crippen LogP contribution in [-0.4, -0.2) is 29.3 Å². The lowest BCUT2D eigenvalue weighted by Crippen LogP contribution is -2.50. The number of halogens is 1. The third kappa shape index (κ3) is 3.66. The summed E-state index contributed by atoms with van der Waals surface area (Å²) >= 11 is 3.44. The number of rotatable bonds is 6. The highest BCUT2D eigenvalue weighted by Gasteiger charge is 2.32. The summed E-state index contributed by atoms with van der Waals surface area (Å²) in [4.78, 5) is 14.6. The van der Waals surface area contributed by atoms with Crippen LogP contribution in [-0.2, 0) is 11.2 Å². The monoisotopic (exact) mass is 311 g/mol. The molecular weight excluding hydrogens is 290 g/mol. The summed E-state index contributed by atoms with van der Waals surface area (Å²) in [6.45, 7) is 10.0. The van der Waals surface area contributed by atoms with E-state index in [-0.39, 0.29) is 5.78 Å². The number of likely N-dealkylation sites (N-methyl/N-ethyl adjacent to an activating group) is 1. The molecule has 0 saturated carbocycles. The number of carbonyl (C=O) groups excluding carboxylic acids is 1. The van der Waals surface area contributed by atoms with Gasteiger partial charge in [0.15, 0.2) is 5.78 Å². The fourth-order valence-electron chi connectivity index (χ4n) is 2.24. The van der Waals surface area contributed by atoms with Gasteiger partial charge in [0.05, 0.1) is 5.54 Å². The minimum absolute atomic E-state index is 0.268. The van der Waals surface area contributed by atoms with E-state index in [1.54, 1.807) is 0 Å². The second-order valence-corrected chi connectivity index (χ2v) is 5.88. The summed E-state index contributed by atoms with van der Waals surface area (Å²) in [7, 11) is 0. The lowest BCUT2D eigenvalue weighted by molar-refractivity contribution is -0.128. The molecule has 1 rings (SSSR count). The predicted molar refractivity (Wildman–Crippen MR) is 79.9 cm³/mol. The lowest BCUT2D eigenvalue weighted by Gasteiger charge is -2.35. The molecule has 0 aliphatic carbocycles. The molecule has 0 spiro atoms. The van der Waals surface area contributed by atoms with Crippen molar-refractivity contribution in [3.8, 4) is 0 Å². The van der Waals surface area contributed by atoms with Gasteiger partial charge in [-0.3, -0.25) is 9.69 Å². The van der Waals surface area contributed by atoms with Crippen molar-refractivity contribution in [3.05, 3.63) is 34.3 Å². The van der Waals surface area contributed by atoms with Crippen LogP contribution < -0.4 is 0 Å². The first-order valence-corrected chi connectivity index (χ1v) is 7.23. The van der Waals surface area contributed by atoms with E-state index in [2.05, 4.69) is 34.7 Å². The van der Waals surface area contributed by atoms with Gasteiger partial charge in [-0.1, -0.05) is 41.9 Å². The van der Waals surface area contributed by atoms with Crippen molar-refractivity contribution < 1.29 is 4.79 Å². The molecule has 3 heteroatoms. The highest BCUT2D eigenvalue weighted by Crippen LogP contribution is 2.19. The van der Waals surface area contributed by atoms with E-state index in [4.69, 9.17) is 0 Å². The molecule has 0 radical (unpaired) electrons. The van der Waals surface area contributed by atoms with Crippen LogP contribution in [0.1, 0.15) is 33.3 Å². The molecule has 2 nitrogen and oxygen atoms in total. The van der Waals surface area contributed by atoms with E-state index in [0.29, 0.717) is 6.42 Å². The summed E-state index contributed by atoms with van der Waals surface area (Å²) < 4.78 is 1.02. The van der Waals surface area contributed by atoms with Gasteiger partial charge < -0.3 is 0 Å². The van der Waals surface area contributed by atoms with Crippen molar-refractivity contribution in [2.24, 2.45) is 0 Å². The molecule has 18 heavy (non-hydrogen) atoms. The topological polar surface area (TPSA) is 20.3 Å². The Kier molecular flexibility index (Phi) is 5.54. The fourth-order valence-corrected chi connectivity index (χ4v) is 2.69. The maximum atomic E-state index is 12.4. The molecule has 0 N–H and O–H groups in total. The van der Waals surface area contributed by atoms with Crippen molar-refractivity contribution in [3.63, 3.8) is 0 Å². The van der Waals surface area contributed by atoms with Crippen LogP contribution in [0.3, 0.4) is 0 Å². The Bertz CT molecular complexity index is 411. The minimum Gasteiger partial charge on any atom is -0.297 e. The van der Waals surface area contributed by atoms with Crippen LogP contribution in [0.2, 0.25) is 0 Å². The van der Waals surface area contributed by atoms with Gasteiger partial charge in [-0.25, -0.2) is 0 Å². The quantitative estimate of drug-likeness (QED) is 0.798. The molecular formula is C15H22BrNO. The SMILES string of the molecule is CCN(CC)C(C)(C)C(=O)Cc1cccc(Br)c1. The van der Waals surface area contributed by atoms with E-state index in [1.165, 1.54) is 0 Å². The van der Waals surface area contributed by atoms with Crippen molar-refractivity contribution >= 4 is 21.7 Å². The molecule has 0 aromatic heterocycles. The van der Waals surface area contributed by atoms with E-state index < -0.39 is 5.54 Å². The van der Waals surface area contributed by atoms with Crippen molar-refractivity contribution in [1.82, 2.24) is 4.90 Å². The summed E-state index contributed by atoms with van der Waals surface area (Å²) in [6.07, 6.45) is 0.489. The molecule has 0 atom stereocenters. The average molecular weight is 312 g/mol. The second kappa shape index (κ2) is 6.48. The van der Waals surface area contributed by atoms with Crippen LogP contribution in [0.15, 0.2) is 28.7 Å². The Morgan fingerprint density at radius 1 is 1.28 bits per heavy atom. The van der Waals surface area contributed by atoms with Gasteiger partial charge in [-0.2, -0.15) is 0 Å². The summed E-state index contributed by atoms with van der Waals surface area (Å²) in [5.74, 6) is 0.268. The van der Waals surface area contributed by atoms with Crippen LogP contribution in [0, 0.1) is 0 Å². The first-order valence-electron chi connectivity index (χ1n) is 6.44. The van der Waals surface area contributed by atoms with Gasteiger partial charge in [0.25, 0.3) is 0 Å². The molecule has 0 aliphatic rings. The number of ketones is 1. The first kappa shape index (κ1) is 15.4. The Morgan fingerprint density at radius 2 is 1.89 bits per heavy atom. The average Bonchev–Trinajstić information content (AvgIpc) is 2.30. The van der Waals surface area contributed by atoms with Gasteiger partial charge >= 0.3 is 0 Å². The summed E-state index contributed by atoms with van der Waals surface area (Å²) in [5, 5.41) is 0. The molecule has 0 saturated heterocycles. The number of hydrogen-bond acceptors (Lipinski definition) is 2. The van der Waals surface area contributed by atoms with E-state index in [0.717, 1.165) is 23.1 Å². The molecule has 0 heterocycles. The molecule has 0 fully saturated rings. The summed E-state index contributed by atoms with van der Waals surface area (Å²) in [6, 6.07) is 7.96. The molecule has 0 bridgehead atoms. The molecule has 100 valence electrons. The smallest absolute Gasteiger partial charge is 0.156 e. The van der Waals surface area contributed by atoms with Crippen LogP contribution in [0.5, 0.6) is 0 Å². The maximum absolute atomic E-state index is 12.4. The third-order valence-electron chi connectivity index (χ3n) is 3.49. The molecule has 1 aromatic carbocycles. The Balaban J connectivity index is 2.81. The molecule has 0 unspecified atom stereocenters. The van der Waals surface area contributed by atoms with Gasteiger partial charge in [0.1, 0.15) is 0 Å². The van der Waals surface area contributed by atoms with Crippen molar-refractivity contribution in [2.75, 3.05) is 13.1 Å². The maximum Gasteiger partial charge on any atom is 0.156 e. The molecule has 0 aliphatic heterocycles. The number of hydrogen-bond donors (Lipinski definition) is 0. The zero-order valence-electron chi connectivity index (χ0n) is 11.7. The van der Waals surface area contributed by atoms with Crippen molar-refractivity contribution in [2.45, 2.75) is 39.7 Å². The largest absolute Gasteiger partial charge is 0.297 e. The van der Waals surface area contributed by atoms with Crippen molar-refractivity contribution in [1.29, 1.82) is 0 Å². The highest BCUT2D eigenvalue weighted by molar-refractivity contribution is 9.10. The minimum atomic E-state index is -0.397. The number of Topliss-reactive ketones (excluding diaryl/α,β-unsaturated/α-hetero) is 1. The van der Waals surface area contributed by atoms with Gasteiger partial charge in [0.2, 0.25) is 0 Å². The van der Waals surface area contributed by atoms with E-state index in [1.807, 2.05) is 38.1 Å². The van der Waals surface area contributed by atoms with Gasteiger partial charge in [0, 0.05) is 10.9 Å². The van der Waals surface area contributed by atoms with Gasteiger partial charge in [-0.15, -0.1) is 0 Å². The first-order chi connectivity index (χ1) is 8.41. The normalized spacial score (nSPS) is 11.9. The number of carbonyl (C=O) groups is 1. The van der Waals surface area contributed by atoms with Crippen LogP contribution in [0.25, 0.3) is 0 Å². The Morgan fingerprint density at radius 3 is 2.39 bits per heavy atom. The second-order valence-electron chi connectivity index (χ2n) is 4.96. The number of benzene rings is 1. The fraction of sp³-hybridized carbons (Fsp3) is 0.533. The van der Waals surface area contributed by atoms with Gasteiger partial charge in [-0.05, 0) is 44.6 Å². The summed E-state index contributed by atoms with van der Waals surface area (Å²) in [5.41, 5.74) is 0.667. The lowest BCUT2D eigenvalue weighted by atomic mass is 9.91. The van der Waals surface area contributed by atoms with E-state index in [9.17, 15) is 4.79 Å². The highest BCUT2D eigenvalue weighted by atomic mass is 79.9. The van der Waals surface area contributed by atoms with Crippen LogP contribution in [0.4, 0.5) is 0 Å². The Labute approximate surface area is 119 Å². The third-order valence-corrected chi connectivity index (χ3v) is 3.98. The zero-order valence-corrected chi connectivity index (χ0v) is 13.3. The number of nitrogens with zero attached hydrogens (tertiary/aromatic N) is 1.